The molecule has 1 aliphatic rings. The van der Waals surface area contributed by atoms with Crippen LogP contribution < -0.4 is 5.32 Å². The molecule has 0 aromatic heterocycles. The molecule has 0 saturated carbocycles. The van der Waals surface area contributed by atoms with Crippen LogP contribution in [-0.2, 0) is 0 Å². The molecule has 3 nitrogen and oxygen atoms in total. The van der Waals surface area contributed by atoms with Crippen molar-refractivity contribution in [1.82, 2.24) is 10.2 Å². The van der Waals surface area contributed by atoms with Crippen molar-refractivity contribution in [3.63, 3.8) is 0 Å². The van der Waals surface area contributed by atoms with E-state index in [2.05, 4.69) is 45.7 Å². The first-order chi connectivity index (χ1) is 9.10. The van der Waals surface area contributed by atoms with Gasteiger partial charge < -0.3 is 10.2 Å². The Kier molecular flexibility index (Phi) is 5.30. The van der Waals surface area contributed by atoms with Gasteiger partial charge in [-0.1, -0.05) is 22.9 Å². The zero-order valence-corrected chi connectivity index (χ0v) is 13.5. The molecule has 1 heterocycles. The number of amides is 1. The summed E-state index contributed by atoms with van der Waals surface area (Å²) in [5, 5.41) is 3.02. The molecule has 1 aromatic rings. The van der Waals surface area contributed by atoms with Gasteiger partial charge in [-0.15, -0.1) is 12.6 Å². The number of thiol groups is 1. The van der Waals surface area contributed by atoms with Crippen molar-refractivity contribution in [2.24, 2.45) is 5.92 Å². The van der Waals surface area contributed by atoms with E-state index in [4.69, 9.17) is 0 Å². The number of nitrogens with one attached hydrogen (secondary N) is 1. The van der Waals surface area contributed by atoms with Gasteiger partial charge >= 0.3 is 0 Å². The zero-order chi connectivity index (χ0) is 13.8. The van der Waals surface area contributed by atoms with Crippen LogP contribution in [-0.4, -0.2) is 37.0 Å². The number of halogens is 1. The van der Waals surface area contributed by atoms with Crippen LogP contribution in [0, 0.1) is 5.92 Å². The molecule has 1 fully saturated rings. The van der Waals surface area contributed by atoms with E-state index in [0.717, 1.165) is 30.7 Å². The number of carbonyl (C=O) groups is 1. The van der Waals surface area contributed by atoms with Gasteiger partial charge in [0, 0.05) is 22.5 Å². The summed E-state index contributed by atoms with van der Waals surface area (Å²) in [6.45, 7) is 6.25. The Morgan fingerprint density at radius 1 is 1.58 bits per heavy atom. The summed E-state index contributed by atoms with van der Waals surface area (Å²) in [7, 11) is 0. The fourth-order valence-electron chi connectivity index (χ4n) is 2.40. The number of carbonyl (C=O) groups excluding carboxylic acids is 1. The largest absolute Gasteiger partial charge is 0.352 e. The third-order valence-electron chi connectivity index (χ3n) is 3.57. The van der Waals surface area contributed by atoms with Gasteiger partial charge in [0.1, 0.15) is 0 Å². The van der Waals surface area contributed by atoms with E-state index in [1.54, 1.807) is 6.07 Å². The van der Waals surface area contributed by atoms with Gasteiger partial charge in [-0.25, -0.2) is 0 Å². The molecular weight excluding hydrogens is 324 g/mol. The van der Waals surface area contributed by atoms with Crippen LogP contribution in [0.1, 0.15) is 23.7 Å². The first kappa shape index (κ1) is 14.9. The number of likely N-dealkylation sites (tertiary alicyclic amines) is 1. The van der Waals surface area contributed by atoms with Crippen molar-refractivity contribution in [1.29, 1.82) is 0 Å². The second-order valence-corrected chi connectivity index (χ2v) is 6.32. The Morgan fingerprint density at radius 2 is 2.37 bits per heavy atom. The lowest BCUT2D eigenvalue weighted by atomic mass is 10.1. The third-order valence-corrected chi connectivity index (χ3v) is 4.44. The SMILES string of the molecule is CCN1CCC(CNC(=O)c2ccc(Br)cc2S)C1. The molecule has 0 radical (unpaired) electrons. The lowest BCUT2D eigenvalue weighted by Gasteiger charge is -2.14. The van der Waals surface area contributed by atoms with E-state index >= 15 is 0 Å². The Hall–Kier alpha value is -0.520. The topological polar surface area (TPSA) is 32.3 Å². The number of benzene rings is 1. The van der Waals surface area contributed by atoms with Crippen molar-refractivity contribution in [2.75, 3.05) is 26.2 Å². The van der Waals surface area contributed by atoms with Crippen molar-refractivity contribution >= 4 is 34.5 Å². The standard InChI is InChI=1S/C14H19BrN2OS/c1-2-17-6-5-10(9-17)8-16-14(18)12-4-3-11(15)7-13(12)19/h3-4,7,10,19H,2,5-6,8-9H2,1H3,(H,16,18). The van der Waals surface area contributed by atoms with Gasteiger partial charge in [0.2, 0.25) is 0 Å². The van der Waals surface area contributed by atoms with Crippen LogP contribution in [0.4, 0.5) is 0 Å². The number of nitrogens with zero attached hydrogens (tertiary/aromatic N) is 1. The molecule has 1 aliphatic heterocycles. The smallest absolute Gasteiger partial charge is 0.252 e. The highest BCUT2D eigenvalue weighted by molar-refractivity contribution is 9.10. The Bertz CT molecular complexity index is 467. The summed E-state index contributed by atoms with van der Waals surface area (Å²) in [6.07, 6.45) is 1.17. The molecule has 104 valence electrons. The zero-order valence-electron chi connectivity index (χ0n) is 11.0. The molecule has 1 aromatic carbocycles. The number of hydrogen-bond acceptors (Lipinski definition) is 3. The highest BCUT2D eigenvalue weighted by atomic mass is 79.9. The van der Waals surface area contributed by atoms with Crippen molar-refractivity contribution in [3.05, 3.63) is 28.2 Å². The maximum absolute atomic E-state index is 12.1. The maximum Gasteiger partial charge on any atom is 0.252 e. The Labute approximate surface area is 128 Å². The molecule has 1 atom stereocenters. The molecule has 0 aliphatic carbocycles. The molecule has 0 spiro atoms. The van der Waals surface area contributed by atoms with Gasteiger partial charge in [0.25, 0.3) is 5.91 Å². The lowest BCUT2D eigenvalue weighted by molar-refractivity contribution is 0.0944. The second kappa shape index (κ2) is 6.77. The average Bonchev–Trinajstić information content (AvgIpc) is 2.84. The van der Waals surface area contributed by atoms with Gasteiger partial charge in [0.15, 0.2) is 0 Å². The molecule has 0 bridgehead atoms. The summed E-state index contributed by atoms with van der Waals surface area (Å²) in [4.78, 5) is 15.2. The summed E-state index contributed by atoms with van der Waals surface area (Å²) in [6, 6.07) is 5.50. The van der Waals surface area contributed by atoms with Gasteiger partial charge in [0.05, 0.1) is 5.56 Å². The lowest BCUT2D eigenvalue weighted by Crippen LogP contribution is -2.31. The Morgan fingerprint density at radius 3 is 3.00 bits per heavy atom. The number of hydrogen-bond donors (Lipinski definition) is 2. The van der Waals surface area contributed by atoms with E-state index in [1.165, 1.54) is 6.42 Å². The maximum atomic E-state index is 12.1. The summed E-state index contributed by atoms with van der Waals surface area (Å²) in [5.41, 5.74) is 0.636. The van der Waals surface area contributed by atoms with Crippen LogP contribution in [0.15, 0.2) is 27.6 Å². The fraction of sp³-hybridized carbons (Fsp3) is 0.500. The van der Waals surface area contributed by atoms with Gasteiger partial charge in [-0.05, 0) is 43.6 Å². The summed E-state index contributed by atoms with van der Waals surface area (Å²) >= 11 is 7.71. The molecule has 1 unspecified atom stereocenters. The predicted molar refractivity (Wildman–Crippen MR) is 83.9 cm³/mol. The quantitative estimate of drug-likeness (QED) is 0.824. The van der Waals surface area contributed by atoms with E-state index in [0.29, 0.717) is 16.4 Å². The van der Waals surface area contributed by atoms with Gasteiger partial charge in [-0.3, -0.25) is 4.79 Å². The summed E-state index contributed by atoms with van der Waals surface area (Å²) in [5.74, 6) is 0.537. The van der Waals surface area contributed by atoms with E-state index < -0.39 is 0 Å². The second-order valence-electron chi connectivity index (χ2n) is 4.92. The summed E-state index contributed by atoms with van der Waals surface area (Å²) < 4.78 is 0.934. The van der Waals surface area contributed by atoms with Crippen LogP contribution in [0.2, 0.25) is 0 Å². The third kappa shape index (κ3) is 3.97. The first-order valence-electron chi connectivity index (χ1n) is 6.59. The first-order valence-corrected chi connectivity index (χ1v) is 7.83. The van der Waals surface area contributed by atoms with Crippen LogP contribution in [0.3, 0.4) is 0 Å². The van der Waals surface area contributed by atoms with Crippen molar-refractivity contribution in [3.8, 4) is 0 Å². The highest BCUT2D eigenvalue weighted by Crippen LogP contribution is 2.20. The van der Waals surface area contributed by atoms with Crippen LogP contribution in [0.5, 0.6) is 0 Å². The number of rotatable bonds is 4. The minimum absolute atomic E-state index is 0.0348. The molecule has 1 amide bonds. The van der Waals surface area contributed by atoms with Crippen LogP contribution in [0.25, 0.3) is 0 Å². The molecule has 19 heavy (non-hydrogen) atoms. The molecular formula is C14H19BrN2OS. The molecule has 1 saturated heterocycles. The van der Waals surface area contributed by atoms with Gasteiger partial charge in [-0.2, -0.15) is 0 Å². The normalized spacial score (nSPS) is 19.6. The minimum Gasteiger partial charge on any atom is -0.352 e. The monoisotopic (exact) mass is 342 g/mol. The predicted octanol–water partition coefficient (Wildman–Crippen LogP) is 2.81. The minimum atomic E-state index is -0.0348. The fourth-order valence-corrected chi connectivity index (χ4v) is 3.25. The molecule has 5 heteroatoms. The highest BCUT2D eigenvalue weighted by Gasteiger charge is 2.21. The van der Waals surface area contributed by atoms with Crippen LogP contribution >= 0.6 is 28.6 Å². The molecule has 1 N–H and O–H groups in total. The van der Waals surface area contributed by atoms with E-state index in [1.807, 2.05) is 12.1 Å². The van der Waals surface area contributed by atoms with Crippen molar-refractivity contribution in [2.45, 2.75) is 18.2 Å². The molecule has 2 rings (SSSR count). The van der Waals surface area contributed by atoms with E-state index in [-0.39, 0.29) is 5.91 Å². The Balaban J connectivity index is 1.88. The van der Waals surface area contributed by atoms with Crippen molar-refractivity contribution < 1.29 is 4.79 Å². The average molecular weight is 343 g/mol. The van der Waals surface area contributed by atoms with E-state index in [9.17, 15) is 4.79 Å².